The normalized spacial score (nSPS) is 13.4. The zero-order valence-corrected chi connectivity index (χ0v) is 10.4. The molecule has 0 radical (unpaired) electrons. The Morgan fingerprint density at radius 1 is 1.59 bits per heavy atom. The van der Waals surface area contributed by atoms with Gasteiger partial charge in [0.05, 0.1) is 19.4 Å². The summed E-state index contributed by atoms with van der Waals surface area (Å²) in [6.45, 7) is 6.85. The van der Waals surface area contributed by atoms with Gasteiger partial charge in [-0.2, -0.15) is 0 Å². The van der Waals surface area contributed by atoms with Gasteiger partial charge < -0.3 is 9.84 Å². The number of ether oxygens (including phenoxy) is 1. The van der Waals surface area contributed by atoms with E-state index in [0.29, 0.717) is 5.88 Å². The second-order valence-corrected chi connectivity index (χ2v) is 3.32. The van der Waals surface area contributed by atoms with E-state index in [9.17, 15) is 4.79 Å². The number of hydrogen-bond donors (Lipinski definition) is 1. The van der Waals surface area contributed by atoms with Crippen LogP contribution >= 0.6 is 0 Å². The Kier molecular flexibility index (Phi) is 7.20. The van der Waals surface area contributed by atoms with Crippen LogP contribution in [-0.2, 0) is 9.53 Å². The van der Waals surface area contributed by atoms with Crippen LogP contribution in [0.2, 0.25) is 0 Å². The van der Waals surface area contributed by atoms with Gasteiger partial charge in [0.25, 0.3) is 0 Å². The maximum atomic E-state index is 10.7. The first kappa shape index (κ1) is 15.0. The van der Waals surface area contributed by atoms with Crippen molar-refractivity contribution in [2.75, 3.05) is 7.11 Å². The van der Waals surface area contributed by atoms with Crippen molar-refractivity contribution in [3.8, 4) is 11.8 Å². The van der Waals surface area contributed by atoms with E-state index >= 15 is 0 Å². The molecule has 0 aromatic heterocycles. The summed E-state index contributed by atoms with van der Waals surface area (Å²) in [4.78, 5) is 14.3. The van der Waals surface area contributed by atoms with Crippen LogP contribution in [0.1, 0.15) is 20.3 Å². The smallest absolute Gasteiger partial charge is 0.304 e. The van der Waals surface area contributed by atoms with Gasteiger partial charge in [0.15, 0.2) is 0 Å². The molecule has 92 valence electrons. The van der Waals surface area contributed by atoms with Gasteiger partial charge in [-0.25, -0.2) is 4.99 Å². The molecule has 0 spiro atoms. The first-order valence-electron chi connectivity index (χ1n) is 5.08. The zero-order chi connectivity index (χ0) is 13.3. The predicted octanol–water partition coefficient (Wildman–Crippen LogP) is 2.24. The average molecular weight is 235 g/mol. The summed E-state index contributed by atoms with van der Waals surface area (Å²) < 4.78 is 4.91. The summed E-state index contributed by atoms with van der Waals surface area (Å²) >= 11 is 0. The highest BCUT2D eigenvalue weighted by molar-refractivity contribution is 5.68. The van der Waals surface area contributed by atoms with E-state index in [0.717, 1.165) is 5.57 Å². The van der Waals surface area contributed by atoms with E-state index in [2.05, 4.69) is 23.6 Å². The Hall–Kier alpha value is -2.02. The van der Waals surface area contributed by atoms with Crippen LogP contribution in [0.15, 0.2) is 28.6 Å². The first-order valence-corrected chi connectivity index (χ1v) is 5.08. The lowest BCUT2D eigenvalue weighted by Gasteiger charge is -2.07. The van der Waals surface area contributed by atoms with Crippen molar-refractivity contribution in [3.05, 3.63) is 23.6 Å². The molecule has 4 heteroatoms. The van der Waals surface area contributed by atoms with E-state index in [1.165, 1.54) is 7.11 Å². The molecule has 0 aliphatic rings. The van der Waals surface area contributed by atoms with Gasteiger partial charge in [0, 0.05) is 6.08 Å². The van der Waals surface area contributed by atoms with Crippen LogP contribution in [0.4, 0.5) is 0 Å². The lowest BCUT2D eigenvalue weighted by Crippen LogP contribution is -2.07. The Morgan fingerprint density at radius 2 is 2.24 bits per heavy atom. The Labute approximate surface area is 102 Å². The van der Waals surface area contributed by atoms with Crippen molar-refractivity contribution in [2.45, 2.75) is 20.3 Å². The molecule has 1 atom stereocenters. The van der Waals surface area contributed by atoms with Gasteiger partial charge in [0.2, 0.25) is 5.88 Å². The minimum absolute atomic E-state index is 0.0130. The van der Waals surface area contributed by atoms with E-state index in [1.807, 2.05) is 6.92 Å². The van der Waals surface area contributed by atoms with Crippen LogP contribution in [0, 0.1) is 17.8 Å². The third-order valence-electron chi connectivity index (χ3n) is 2.10. The number of nitrogens with zero attached hydrogens (tertiary/aromatic N) is 1. The maximum absolute atomic E-state index is 10.7. The summed E-state index contributed by atoms with van der Waals surface area (Å²) in [5.74, 6) is 4.80. The van der Waals surface area contributed by atoms with Crippen LogP contribution in [0.25, 0.3) is 0 Å². The lowest BCUT2D eigenvalue weighted by atomic mass is 9.97. The van der Waals surface area contributed by atoms with E-state index < -0.39 is 5.97 Å². The molecule has 1 N–H and O–H groups in total. The molecule has 0 amide bonds. The molecule has 4 nitrogen and oxygen atoms in total. The molecule has 0 saturated carbocycles. The summed E-state index contributed by atoms with van der Waals surface area (Å²) in [5.41, 5.74) is 0.847. The highest BCUT2D eigenvalue weighted by atomic mass is 16.5. The lowest BCUT2D eigenvalue weighted by molar-refractivity contribution is -0.137. The Bertz CT molecular complexity index is 397. The SMILES string of the molecule is C=N/C(=C\C=C(/C)C(C#CC)CC(=O)O)OC. The van der Waals surface area contributed by atoms with Gasteiger partial charge in [-0.15, -0.1) is 5.92 Å². The largest absolute Gasteiger partial charge is 0.481 e. The fraction of sp³-hybridized carbons (Fsp3) is 0.385. The molecule has 0 aromatic carbocycles. The number of carbonyl (C=O) groups is 1. The standard InChI is InChI=1S/C13H17NO3/c1-5-6-11(9-13(15)16)10(2)7-8-12(14-3)17-4/h7-8,11H,3,9H2,1-2,4H3,(H,15,16)/b10-7+,12-8+. The van der Waals surface area contributed by atoms with Gasteiger partial charge in [-0.3, -0.25) is 4.79 Å². The second kappa shape index (κ2) is 8.17. The van der Waals surface area contributed by atoms with Crippen molar-refractivity contribution in [2.24, 2.45) is 10.9 Å². The van der Waals surface area contributed by atoms with Crippen LogP contribution in [0.3, 0.4) is 0 Å². The molecular weight excluding hydrogens is 218 g/mol. The van der Waals surface area contributed by atoms with Gasteiger partial charge in [0.1, 0.15) is 0 Å². The maximum Gasteiger partial charge on any atom is 0.304 e. The van der Waals surface area contributed by atoms with Crippen LogP contribution in [-0.4, -0.2) is 24.9 Å². The third kappa shape index (κ3) is 6.21. The first-order chi connectivity index (χ1) is 8.04. The summed E-state index contributed by atoms with van der Waals surface area (Å²) in [6.07, 6.45) is 3.36. The number of rotatable bonds is 6. The Morgan fingerprint density at radius 3 is 2.65 bits per heavy atom. The fourth-order valence-electron chi connectivity index (χ4n) is 1.18. The number of aliphatic carboxylic acids is 1. The number of hydrogen-bond acceptors (Lipinski definition) is 3. The monoisotopic (exact) mass is 235 g/mol. The highest BCUT2D eigenvalue weighted by Crippen LogP contribution is 2.14. The summed E-state index contributed by atoms with van der Waals surface area (Å²) in [7, 11) is 1.49. The molecule has 17 heavy (non-hydrogen) atoms. The van der Waals surface area contributed by atoms with Crippen molar-refractivity contribution in [3.63, 3.8) is 0 Å². The minimum atomic E-state index is -0.872. The molecule has 0 heterocycles. The van der Waals surface area contributed by atoms with Crippen molar-refractivity contribution >= 4 is 12.7 Å². The van der Waals surface area contributed by atoms with Crippen molar-refractivity contribution in [1.82, 2.24) is 0 Å². The van der Waals surface area contributed by atoms with E-state index in [1.54, 1.807) is 19.1 Å². The quantitative estimate of drug-likeness (QED) is 0.332. The zero-order valence-electron chi connectivity index (χ0n) is 10.4. The summed E-state index contributed by atoms with van der Waals surface area (Å²) in [6, 6.07) is 0. The molecule has 1 unspecified atom stereocenters. The number of aliphatic imine (C=N–C) groups is 1. The summed E-state index contributed by atoms with van der Waals surface area (Å²) in [5, 5.41) is 8.77. The van der Waals surface area contributed by atoms with Gasteiger partial charge in [-0.1, -0.05) is 17.6 Å². The van der Waals surface area contributed by atoms with Gasteiger partial charge in [-0.05, 0) is 20.6 Å². The Balaban J connectivity index is 4.92. The van der Waals surface area contributed by atoms with E-state index in [-0.39, 0.29) is 12.3 Å². The third-order valence-corrected chi connectivity index (χ3v) is 2.10. The minimum Gasteiger partial charge on any atom is -0.481 e. The molecule has 0 fully saturated rings. The number of methoxy groups -OCH3 is 1. The topological polar surface area (TPSA) is 58.9 Å². The van der Waals surface area contributed by atoms with Crippen molar-refractivity contribution in [1.29, 1.82) is 0 Å². The predicted molar refractivity (Wildman–Crippen MR) is 67.6 cm³/mol. The molecule has 0 saturated heterocycles. The van der Waals surface area contributed by atoms with Gasteiger partial charge >= 0.3 is 5.97 Å². The second-order valence-electron chi connectivity index (χ2n) is 3.32. The van der Waals surface area contributed by atoms with Crippen LogP contribution < -0.4 is 0 Å². The fourth-order valence-corrected chi connectivity index (χ4v) is 1.18. The molecule has 0 bridgehead atoms. The molecule has 0 rings (SSSR count). The molecule has 0 aliphatic heterocycles. The van der Waals surface area contributed by atoms with E-state index in [4.69, 9.17) is 9.84 Å². The van der Waals surface area contributed by atoms with Crippen molar-refractivity contribution < 1.29 is 14.6 Å². The average Bonchev–Trinajstić information content (AvgIpc) is 2.29. The number of carboxylic acids is 1. The highest BCUT2D eigenvalue weighted by Gasteiger charge is 2.11. The molecule has 0 aliphatic carbocycles. The number of allylic oxidation sites excluding steroid dienone is 3. The molecular formula is C13H17NO3. The van der Waals surface area contributed by atoms with Crippen LogP contribution in [0.5, 0.6) is 0 Å². The number of carboxylic acid groups (broad SMARTS) is 1. The molecule has 0 aromatic rings.